The van der Waals surface area contributed by atoms with Gasteiger partial charge in [-0.15, -0.1) is 11.3 Å². The van der Waals surface area contributed by atoms with Crippen molar-refractivity contribution >= 4 is 29.3 Å². The summed E-state index contributed by atoms with van der Waals surface area (Å²) in [6.45, 7) is 5.60. The molecule has 0 aliphatic carbocycles. The lowest BCUT2D eigenvalue weighted by Gasteiger charge is -2.20. The van der Waals surface area contributed by atoms with E-state index in [2.05, 4.69) is 0 Å². The van der Waals surface area contributed by atoms with Crippen LogP contribution in [0, 0.1) is 0 Å². The monoisotopic (exact) mass is 281 g/mol. The number of hydrogen-bond donors (Lipinski definition) is 1. The highest BCUT2D eigenvalue weighted by atomic mass is 32.1. The van der Waals surface area contributed by atoms with Crippen molar-refractivity contribution in [1.82, 2.24) is 4.90 Å². The van der Waals surface area contributed by atoms with E-state index in [9.17, 15) is 9.59 Å². The molecule has 0 atom stereocenters. The minimum Gasteiger partial charge on any atom is -0.478 e. The summed E-state index contributed by atoms with van der Waals surface area (Å²) in [5.74, 6) is -0.963. The molecule has 19 heavy (non-hydrogen) atoms. The van der Waals surface area contributed by atoms with Crippen LogP contribution in [0.15, 0.2) is 17.5 Å². The molecule has 4 nitrogen and oxygen atoms in total. The van der Waals surface area contributed by atoms with E-state index in [4.69, 9.17) is 5.11 Å². The Bertz CT molecular complexity index is 459. The summed E-state index contributed by atoms with van der Waals surface area (Å²) < 4.78 is 0. The first-order valence-corrected chi connectivity index (χ1v) is 7.25. The second kappa shape index (κ2) is 7.74. The molecule has 0 aromatic carbocycles. The fourth-order valence-electron chi connectivity index (χ4n) is 1.74. The molecule has 1 N–H and O–H groups in total. The van der Waals surface area contributed by atoms with Crippen LogP contribution in [0.3, 0.4) is 0 Å². The van der Waals surface area contributed by atoms with Crippen LogP contribution in [0.4, 0.5) is 0 Å². The standard InChI is InChI=1S/C14H19NO3S/c1-3-7-15(8-4-2)14(18)11-9-12(19-10-11)5-6-13(16)17/h5-6,9-10H,3-4,7-8H2,1-2H3,(H,16,17). The van der Waals surface area contributed by atoms with Crippen molar-refractivity contribution in [2.24, 2.45) is 0 Å². The Hall–Kier alpha value is -1.62. The number of thiophene rings is 1. The molecule has 104 valence electrons. The summed E-state index contributed by atoms with van der Waals surface area (Å²) in [7, 11) is 0. The first-order chi connectivity index (χ1) is 9.08. The molecule has 1 amide bonds. The number of aliphatic carboxylic acids is 1. The van der Waals surface area contributed by atoms with Crippen molar-refractivity contribution in [1.29, 1.82) is 0 Å². The smallest absolute Gasteiger partial charge is 0.328 e. The van der Waals surface area contributed by atoms with E-state index >= 15 is 0 Å². The largest absolute Gasteiger partial charge is 0.478 e. The first kappa shape index (κ1) is 15.4. The topological polar surface area (TPSA) is 57.6 Å². The molecule has 0 fully saturated rings. The maximum atomic E-state index is 12.3. The number of carboxylic acid groups (broad SMARTS) is 1. The number of hydrogen-bond acceptors (Lipinski definition) is 3. The van der Waals surface area contributed by atoms with Crippen molar-refractivity contribution in [2.45, 2.75) is 26.7 Å². The van der Waals surface area contributed by atoms with E-state index in [-0.39, 0.29) is 5.91 Å². The molecule has 1 aromatic heterocycles. The third-order valence-corrected chi connectivity index (χ3v) is 3.43. The van der Waals surface area contributed by atoms with E-state index in [1.807, 2.05) is 18.7 Å². The second-order valence-corrected chi connectivity index (χ2v) is 5.14. The maximum absolute atomic E-state index is 12.3. The summed E-state index contributed by atoms with van der Waals surface area (Å²) in [6, 6.07) is 1.74. The van der Waals surface area contributed by atoms with Gasteiger partial charge in [0.1, 0.15) is 0 Å². The highest BCUT2D eigenvalue weighted by Crippen LogP contribution is 2.18. The Morgan fingerprint density at radius 1 is 1.32 bits per heavy atom. The zero-order valence-corrected chi connectivity index (χ0v) is 12.1. The number of amides is 1. The van der Waals surface area contributed by atoms with Gasteiger partial charge in [-0.05, 0) is 25.0 Å². The first-order valence-electron chi connectivity index (χ1n) is 6.37. The van der Waals surface area contributed by atoms with E-state index in [0.29, 0.717) is 5.56 Å². The number of carbonyl (C=O) groups excluding carboxylic acids is 1. The third-order valence-electron chi connectivity index (χ3n) is 2.53. The third kappa shape index (κ3) is 4.87. The van der Waals surface area contributed by atoms with Gasteiger partial charge in [0, 0.05) is 29.4 Å². The molecule has 0 saturated carbocycles. The summed E-state index contributed by atoms with van der Waals surface area (Å²) in [5, 5.41) is 10.3. The lowest BCUT2D eigenvalue weighted by molar-refractivity contribution is -0.131. The predicted octanol–water partition coefficient (Wildman–Crippen LogP) is 3.11. The van der Waals surface area contributed by atoms with Crippen LogP contribution in [0.25, 0.3) is 6.08 Å². The fraction of sp³-hybridized carbons (Fsp3) is 0.429. The number of carboxylic acids is 1. The quantitative estimate of drug-likeness (QED) is 0.781. The van der Waals surface area contributed by atoms with Gasteiger partial charge in [-0.2, -0.15) is 0 Å². The SMILES string of the molecule is CCCN(CCC)C(=O)c1csc(C=CC(=O)O)c1. The van der Waals surface area contributed by atoms with Gasteiger partial charge in [-0.3, -0.25) is 4.79 Å². The van der Waals surface area contributed by atoms with E-state index in [0.717, 1.165) is 36.9 Å². The molecule has 1 rings (SSSR count). The Kier molecular flexibility index (Phi) is 6.29. The average Bonchev–Trinajstić information content (AvgIpc) is 2.84. The van der Waals surface area contributed by atoms with Crippen LogP contribution in [-0.2, 0) is 4.79 Å². The molecule has 0 aliphatic heterocycles. The van der Waals surface area contributed by atoms with Crippen LogP contribution < -0.4 is 0 Å². The lowest BCUT2D eigenvalue weighted by Crippen LogP contribution is -2.32. The molecule has 0 aliphatic rings. The minimum atomic E-state index is -0.986. The maximum Gasteiger partial charge on any atom is 0.328 e. The normalized spacial score (nSPS) is 10.8. The second-order valence-electron chi connectivity index (χ2n) is 4.20. The van der Waals surface area contributed by atoms with E-state index in [1.165, 1.54) is 17.4 Å². The van der Waals surface area contributed by atoms with Gasteiger partial charge in [0.2, 0.25) is 0 Å². The van der Waals surface area contributed by atoms with Crippen LogP contribution in [-0.4, -0.2) is 35.0 Å². The van der Waals surface area contributed by atoms with Gasteiger partial charge in [0.25, 0.3) is 5.91 Å². The zero-order chi connectivity index (χ0) is 14.3. The average molecular weight is 281 g/mol. The van der Waals surface area contributed by atoms with Gasteiger partial charge in [-0.1, -0.05) is 13.8 Å². The van der Waals surface area contributed by atoms with Gasteiger partial charge in [0.15, 0.2) is 0 Å². The summed E-state index contributed by atoms with van der Waals surface area (Å²) in [4.78, 5) is 25.3. The summed E-state index contributed by atoms with van der Waals surface area (Å²) in [5.41, 5.74) is 0.636. The molecule has 1 aromatic rings. The Morgan fingerprint density at radius 3 is 2.47 bits per heavy atom. The number of nitrogens with zero attached hydrogens (tertiary/aromatic N) is 1. The van der Waals surface area contributed by atoms with Crippen molar-refractivity contribution in [3.63, 3.8) is 0 Å². The summed E-state index contributed by atoms with van der Waals surface area (Å²) >= 11 is 1.38. The zero-order valence-electron chi connectivity index (χ0n) is 11.3. The van der Waals surface area contributed by atoms with Crippen LogP contribution in [0.1, 0.15) is 41.9 Å². The molecule has 0 saturated heterocycles. The van der Waals surface area contributed by atoms with Gasteiger partial charge >= 0.3 is 5.97 Å². The highest BCUT2D eigenvalue weighted by molar-refractivity contribution is 7.11. The molecule has 0 unspecified atom stereocenters. The van der Waals surface area contributed by atoms with Crippen molar-refractivity contribution in [3.05, 3.63) is 28.0 Å². The summed E-state index contributed by atoms with van der Waals surface area (Å²) in [6.07, 6.45) is 4.45. The Balaban J connectivity index is 2.78. The highest BCUT2D eigenvalue weighted by Gasteiger charge is 2.15. The minimum absolute atomic E-state index is 0.0231. The lowest BCUT2D eigenvalue weighted by atomic mass is 10.2. The predicted molar refractivity (Wildman–Crippen MR) is 77.5 cm³/mol. The molecular formula is C14H19NO3S. The van der Waals surface area contributed by atoms with Gasteiger partial charge in [-0.25, -0.2) is 4.79 Å². The number of rotatable bonds is 7. The Labute approximate surface area is 117 Å². The molecular weight excluding hydrogens is 262 g/mol. The Morgan fingerprint density at radius 2 is 1.95 bits per heavy atom. The van der Waals surface area contributed by atoms with E-state index < -0.39 is 5.97 Å². The molecule has 0 spiro atoms. The van der Waals surface area contributed by atoms with Crippen molar-refractivity contribution < 1.29 is 14.7 Å². The molecule has 1 heterocycles. The van der Waals surface area contributed by atoms with Gasteiger partial charge in [0.05, 0.1) is 5.56 Å². The van der Waals surface area contributed by atoms with Gasteiger partial charge < -0.3 is 10.0 Å². The fourth-order valence-corrected chi connectivity index (χ4v) is 2.52. The van der Waals surface area contributed by atoms with Crippen LogP contribution in [0.5, 0.6) is 0 Å². The van der Waals surface area contributed by atoms with Crippen molar-refractivity contribution in [2.75, 3.05) is 13.1 Å². The number of carbonyl (C=O) groups is 2. The molecule has 5 heteroatoms. The van der Waals surface area contributed by atoms with Crippen LogP contribution >= 0.6 is 11.3 Å². The molecule has 0 radical (unpaired) electrons. The molecule has 0 bridgehead atoms. The van der Waals surface area contributed by atoms with Crippen LogP contribution in [0.2, 0.25) is 0 Å². The van der Waals surface area contributed by atoms with E-state index in [1.54, 1.807) is 11.4 Å². The van der Waals surface area contributed by atoms with Crippen molar-refractivity contribution in [3.8, 4) is 0 Å².